The van der Waals surface area contributed by atoms with Gasteiger partial charge in [0.15, 0.2) is 0 Å². The number of rotatable bonds is 2. The monoisotopic (exact) mass is 263 g/mol. The molecule has 0 fully saturated rings. The predicted molar refractivity (Wildman–Crippen MR) is 82.9 cm³/mol. The Bertz CT molecular complexity index is 742. The zero-order chi connectivity index (χ0) is 14.1. The Kier molecular flexibility index (Phi) is 3.03. The lowest BCUT2D eigenvalue weighted by molar-refractivity contribution is 0.885. The summed E-state index contributed by atoms with van der Waals surface area (Å²) in [6, 6.07) is 18.3. The summed E-state index contributed by atoms with van der Waals surface area (Å²) in [5.41, 5.74) is 11.5. The standard InChI is InChI=1S/C17H17N3/c1-12-8-9-13(2)16(10-12)20-17(18)11-15(19-20)14-6-4-3-5-7-14/h3-11H,18H2,1-2H3. The van der Waals surface area contributed by atoms with Crippen LogP contribution in [-0.4, -0.2) is 9.78 Å². The van der Waals surface area contributed by atoms with Crippen LogP contribution in [0.15, 0.2) is 54.6 Å². The largest absolute Gasteiger partial charge is 0.384 e. The SMILES string of the molecule is Cc1ccc(C)c(-n2nc(-c3ccccc3)cc2N)c1. The number of benzene rings is 2. The summed E-state index contributed by atoms with van der Waals surface area (Å²) in [5, 5.41) is 4.64. The third-order valence-corrected chi connectivity index (χ3v) is 3.40. The minimum Gasteiger partial charge on any atom is -0.384 e. The van der Waals surface area contributed by atoms with Gasteiger partial charge in [0, 0.05) is 11.6 Å². The number of nitrogens with two attached hydrogens (primary N) is 1. The summed E-state index contributed by atoms with van der Waals surface area (Å²) in [6.45, 7) is 4.14. The topological polar surface area (TPSA) is 43.8 Å². The molecule has 0 spiro atoms. The first-order chi connectivity index (χ1) is 9.65. The van der Waals surface area contributed by atoms with E-state index in [0.29, 0.717) is 5.82 Å². The Morgan fingerprint density at radius 3 is 2.45 bits per heavy atom. The van der Waals surface area contributed by atoms with Crippen molar-refractivity contribution in [1.82, 2.24) is 9.78 Å². The number of nitrogen functional groups attached to an aromatic ring is 1. The predicted octanol–water partition coefficient (Wildman–Crippen LogP) is 3.74. The molecule has 2 N–H and O–H groups in total. The number of aromatic nitrogens is 2. The molecule has 0 saturated carbocycles. The highest BCUT2D eigenvalue weighted by Crippen LogP contribution is 2.24. The fourth-order valence-electron chi connectivity index (χ4n) is 2.29. The van der Waals surface area contributed by atoms with Gasteiger partial charge in [0.1, 0.15) is 5.82 Å². The molecule has 100 valence electrons. The normalized spacial score (nSPS) is 10.7. The quantitative estimate of drug-likeness (QED) is 0.765. The first kappa shape index (κ1) is 12.5. The van der Waals surface area contributed by atoms with E-state index in [9.17, 15) is 0 Å². The molecule has 3 heteroatoms. The third-order valence-electron chi connectivity index (χ3n) is 3.40. The zero-order valence-corrected chi connectivity index (χ0v) is 11.7. The summed E-state index contributed by atoms with van der Waals surface area (Å²) in [7, 11) is 0. The van der Waals surface area contributed by atoms with Crippen molar-refractivity contribution in [3.05, 3.63) is 65.7 Å². The molecule has 0 bridgehead atoms. The second-order valence-corrected chi connectivity index (χ2v) is 5.02. The smallest absolute Gasteiger partial charge is 0.127 e. The van der Waals surface area contributed by atoms with Gasteiger partial charge in [-0.3, -0.25) is 0 Å². The molecule has 0 atom stereocenters. The van der Waals surface area contributed by atoms with Gasteiger partial charge < -0.3 is 5.73 Å². The first-order valence-corrected chi connectivity index (χ1v) is 6.64. The highest BCUT2D eigenvalue weighted by Gasteiger charge is 2.10. The van der Waals surface area contributed by atoms with Crippen molar-refractivity contribution < 1.29 is 0 Å². The Hall–Kier alpha value is -2.55. The summed E-state index contributed by atoms with van der Waals surface area (Å²) < 4.78 is 1.81. The molecule has 0 aliphatic carbocycles. The van der Waals surface area contributed by atoms with Crippen LogP contribution in [0.25, 0.3) is 16.9 Å². The van der Waals surface area contributed by atoms with Crippen LogP contribution in [0, 0.1) is 13.8 Å². The Balaban J connectivity index is 2.12. The lowest BCUT2D eigenvalue weighted by Crippen LogP contribution is -2.04. The molecular weight excluding hydrogens is 246 g/mol. The van der Waals surface area contributed by atoms with E-state index < -0.39 is 0 Å². The van der Waals surface area contributed by atoms with E-state index in [1.807, 2.05) is 41.1 Å². The molecule has 2 aromatic carbocycles. The fourth-order valence-corrected chi connectivity index (χ4v) is 2.29. The van der Waals surface area contributed by atoms with Crippen molar-refractivity contribution in [3.8, 4) is 16.9 Å². The molecule has 20 heavy (non-hydrogen) atoms. The molecular formula is C17H17N3. The second kappa shape index (κ2) is 4.85. The van der Waals surface area contributed by atoms with E-state index in [4.69, 9.17) is 5.73 Å². The average Bonchev–Trinajstić information content (AvgIpc) is 2.84. The maximum absolute atomic E-state index is 6.13. The van der Waals surface area contributed by atoms with E-state index in [1.54, 1.807) is 0 Å². The lowest BCUT2D eigenvalue weighted by Gasteiger charge is -2.08. The molecule has 0 saturated heterocycles. The summed E-state index contributed by atoms with van der Waals surface area (Å²) in [5.74, 6) is 0.651. The van der Waals surface area contributed by atoms with Crippen molar-refractivity contribution in [2.75, 3.05) is 5.73 Å². The Morgan fingerprint density at radius 1 is 0.950 bits per heavy atom. The lowest BCUT2D eigenvalue weighted by atomic mass is 10.1. The van der Waals surface area contributed by atoms with E-state index in [1.165, 1.54) is 5.56 Å². The van der Waals surface area contributed by atoms with E-state index >= 15 is 0 Å². The van der Waals surface area contributed by atoms with E-state index in [0.717, 1.165) is 22.5 Å². The molecule has 1 aromatic heterocycles. The molecule has 0 amide bonds. The van der Waals surface area contributed by atoms with Crippen molar-refractivity contribution in [2.45, 2.75) is 13.8 Å². The van der Waals surface area contributed by atoms with Gasteiger partial charge in [0.05, 0.1) is 11.4 Å². The van der Waals surface area contributed by atoms with Gasteiger partial charge in [0.25, 0.3) is 0 Å². The molecule has 0 radical (unpaired) electrons. The van der Waals surface area contributed by atoms with Gasteiger partial charge in [-0.2, -0.15) is 5.10 Å². The van der Waals surface area contributed by atoms with Crippen LogP contribution in [0.5, 0.6) is 0 Å². The van der Waals surface area contributed by atoms with Gasteiger partial charge in [0.2, 0.25) is 0 Å². The third kappa shape index (κ3) is 2.18. The van der Waals surface area contributed by atoms with E-state index in [-0.39, 0.29) is 0 Å². The maximum Gasteiger partial charge on any atom is 0.127 e. The zero-order valence-electron chi connectivity index (χ0n) is 11.7. The molecule has 0 unspecified atom stereocenters. The van der Waals surface area contributed by atoms with Crippen LogP contribution in [0.4, 0.5) is 5.82 Å². The fraction of sp³-hybridized carbons (Fsp3) is 0.118. The van der Waals surface area contributed by atoms with Crippen LogP contribution in [0.3, 0.4) is 0 Å². The van der Waals surface area contributed by atoms with Crippen molar-refractivity contribution in [2.24, 2.45) is 0 Å². The number of hydrogen-bond acceptors (Lipinski definition) is 2. The highest BCUT2D eigenvalue weighted by molar-refractivity contribution is 5.64. The molecule has 3 rings (SSSR count). The first-order valence-electron chi connectivity index (χ1n) is 6.64. The summed E-state index contributed by atoms with van der Waals surface area (Å²) in [4.78, 5) is 0. The molecule has 3 aromatic rings. The maximum atomic E-state index is 6.13. The second-order valence-electron chi connectivity index (χ2n) is 5.02. The highest BCUT2D eigenvalue weighted by atomic mass is 15.3. The van der Waals surface area contributed by atoms with Crippen LogP contribution in [-0.2, 0) is 0 Å². The number of anilines is 1. The van der Waals surface area contributed by atoms with Gasteiger partial charge in [-0.15, -0.1) is 0 Å². The summed E-state index contributed by atoms with van der Waals surface area (Å²) in [6.07, 6.45) is 0. The Labute approximate surface area is 118 Å². The van der Waals surface area contributed by atoms with Crippen molar-refractivity contribution in [3.63, 3.8) is 0 Å². The summed E-state index contributed by atoms with van der Waals surface area (Å²) >= 11 is 0. The van der Waals surface area contributed by atoms with Gasteiger partial charge in [-0.05, 0) is 31.0 Å². The van der Waals surface area contributed by atoms with Gasteiger partial charge >= 0.3 is 0 Å². The Morgan fingerprint density at radius 2 is 1.70 bits per heavy atom. The molecule has 3 nitrogen and oxygen atoms in total. The number of nitrogens with zero attached hydrogens (tertiary/aromatic N) is 2. The van der Waals surface area contributed by atoms with Crippen LogP contribution >= 0.6 is 0 Å². The minimum absolute atomic E-state index is 0.651. The van der Waals surface area contributed by atoms with Crippen molar-refractivity contribution in [1.29, 1.82) is 0 Å². The van der Waals surface area contributed by atoms with Crippen LogP contribution in [0.1, 0.15) is 11.1 Å². The molecule has 0 aliphatic heterocycles. The number of aryl methyl sites for hydroxylation is 2. The molecule has 0 aliphatic rings. The van der Waals surface area contributed by atoms with E-state index in [2.05, 4.69) is 37.1 Å². The van der Waals surface area contributed by atoms with Crippen LogP contribution < -0.4 is 5.73 Å². The van der Waals surface area contributed by atoms with Crippen molar-refractivity contribution >= 4 is 5.82 Å². The van der Waals surface area contributed by atoms with Crippen LogP contribution in [0.2, 0.25) is 0 Å². The number of hydrogen-bond donors (Lipinski definition) is 1. The van der Waals surface area contributed by atoms with Gasteiger partial charge in [-0.1, -0.05) is 42.5 Å². The minimum atomic E-state index is 0.651. The molecule has 1 heterocycles. The average molecular weight is 263 g/mol. The van der Waals surface area contributed by atoms with Gasteiger partial charge in [-0.25, -0.2) is 4.68 Å².